The second-order valence-electron chi connectivity index (χ2n) is 4.42. The summed E-state index contributed by atoms with van der Waals surface area (Å²) in [5.41, 5.74) is 1.09. The standard InChI is InChI=1S/C12H19N3OS2/c1-3-15(9(2)16)12-14-11(8-18-12)7-17-6-10-4-13-5-10/h8,10,13H,3-7H2,1-2H3. The molecular weight excluding hydrogens is 266 g/mol. The zero-order valence-electron chi connectivity index (χ0n) is 10.8. The summed E-state index contributed by atoms with van der Waals surface area (Å²) < 4.78 is 0. The fourth-order valence-corrected chi connectivity index (χ4v) is 3.86. The molecule has 1 saturated heterocycles. The first-order valence-electron chi connectivity index (χ1n) is 6.21. The number of carbonyl (C=O) groups excluding carboxylic acids is 1. The Bertz CT molecular complexity index is 404. The largest absolute Gasteiger partial charge is 0.316 e. The minimum absolute atomic E-state index is 0.0617. The normalized spacial score (nSPS) is 15.4. The number of nitrogens with zero attached hydrogens (tertiary/aromatic N) is 2. The van der Waals surface area contributed by atoms with Crippen LogP contribution in [0.3, 0.4) is 0 Å². The van der Waals surface area contributed by atoms with Gasteiger partial charge in [-0.25, -0.2) is 4.98 Å². The maximum atomic E-state index is 11.4. The van der Waals surface area contributed by atoms with Gasteiger partial charge in [0.15, 0.2) is 5.13 Å². The summed E-state index contributed by atoms with van der Waals surface area (Å²) in [5, 5.41) is 6.17. The Labute approximate surface area is 116 Å². The van der Waals surface area contributed by atoms with Gasteiger partial charge in [0, 0.05) is 24.6 Å². The Morgan fingerprint density at radius 1 is 1.67 bits per heavy atom. The third-order valence-corrected chi connectivity index (χ3v) is 5.06. The first kappa shape index (κ1) is 13.8. The predicted octanol–water partition coefficient (Wildman–Crippen LogP) is 1.97. The van der Waals surface area contributed by atoms with Gasteiger partial charge in [-0.2, -0.15) is 11.8 Å². The lowest BCUT2D eigenvalue weighted by Crippen LogP contribution is -2.43. The molecule has 0 bridgehead atoms. The summed E-state index contributed by atoms with van der Waals surface area (Å²) in [6, 6.07) is 0. The number of thioether (sulfide) groups is 1. The van der Waals surface area contributed by atoms with Crippen molar-refractivity contribution in [1.82, 2.24) is 10.3 Å². The second kappa shape index (κ2) is 6.54. The molecular formula is C12H19N3OS2. The van der Waals surface area contributed by atoms with Gasteiger partial charge >= 0.3 is 0 Å². The van der Waals surface area contributed by atoms with Crippen molar-refractivity contribution < 1.29 is 4.79 Å². The smallest absolute Gasteiger partial charge is 0.225 e. The molecule has 0 aromatic carbocycles. The molecule has 6 heteroatoms. The SMILES string of the molecule is CCN(C(C)=O)c1nc(CSCC2CNC2)cs1. The van der Waals surface area contributed by atoms with Crippen LogP contribution in [0.2, 0.25) is 0 Å². The quantitative estimate of drug-likeness (QED) is 0.868. The van der Waals surface area contributed by atoms with Crippen molar-refractivity contribution >= 4 is 34.1 Å². The van der Waals surface area contributed by atoms with E-state index < -0.39 is 0 Å². The average Bonchev–Trinajstić information content (AvgIpc) is 2.71. The summed E-state index contributed by atoms with van der Waals surface area (Å²) in [4.78, 5) is 17.7. The lowest BCUT2D eigenvalue weighted by atomic mass is 10.1. The van der Waals surface area contributed by atoms with Gasteiger partial charge in [0.2, 0.25) is 5.91 Å². The third-order valence-electron chi connectivity index (χ3n) is 2.94. The van der Waals surface area contributed by atoms with E-state index in [9.17, 15) is 4.79 Å². The van der Waals surface area contributed by atoms with Crippen LogP contribution < -0.4 is 10.2 Å². The molecule has 0 spiro atoms. The van der Waals surface area contributed by atoms with Crippen LogP contribution in [0.5, 0.6) is 0 Å². The maximum absolute atomic E-state index is 11.4. The minimum atomic E-state index is 0.0617. The van der Waals surface area contributed by atoms with Crippen LogP contribution >= 0.6 is 23.1 Å². The Morgan fingerprint density at radius 2 is 2.44 bits per heavy atom. The molecule has 1 aromatic rings. The third kappa shape index (κ3) is 3.46. The molecule has 1 aliphatic heterocycles. The van der Waals surface area contributed by atoms with E-state index in [0.717, 1.165) is 35.6 Å². The van der Waals surface area contributed by atoms with Gasteiger partial charge in [0.1, 0.15) is 0 Å². The fourth-order valence-electron chi connectivity index (χ4n) is 1.78. The fraction of sp³-hybridized carbons (Fsp3) is 0.667. The second-order valence-corrected chi connectivity index (χ2v) is 6.29. The topological polar surface area (TPSA) is 45.2 Å². The van der Waals surface area contributed by atoms with Crippen molar-refractivity contribution in [2.24, 2.45) is 5.92 Å². The molecule has 1 amide bonds. The molecule has 1 fully saturated rings. The molecule has 0 unspecified atom stereocenters. The summed E-state index contributed by atoms with van der Waals surface area (Å²) >= 11 is 3.49. The van der Waals surface area contributed by atoms with E-state index in [0.29, 0.717) is 6.54 Å². The molecule has 2 heterocycles. The van der Waals surface area contributed by atoms with E-state index in [1.807, 2.05) is 18.7 Å². The van der Waals surface area contributed by atoms with Gasteiger partial charge in [-0.15, -0.1) is 11.3 Å². The van der Waals surface area contributed by atoms with Gasteiger partial charge < -0.3 is 5.32 Å². The average molecular weight is 285 g/mol. The molecule has 1 aromatic heterocycles. The summed E-state index contributed by atoms with van der Waals surface area (Å²) in [7, 11) is 0. The molecule has 0 saturated carbocycles. The van der Waals surface area contributed by atoms with Gasteiger partial charge in [-0.3, -0.25) is 9.69 Å². The van der Waals surface area contributed by atoms with Crippen LogP contribution in [0.25, 0.3) is 0 Å². The lowest BCUT2D eigenvalue weighted by Gasteiger charge is -2.26. The number of aromatic nitrogens is 1. The highest BCUT2D eigenvalue weighted by Crippen LogP contribution is 2.24. The molecule has 0 atom stereocenters. The van der Waals surface area contributed by atoms with Crippen LogP contribution in [0.15, 0.2) is 5.38 Å². The van der Waals surface area contributed by atoms with E-state index >= 15 is 0 Å². The minimum Gasteiger partial charge on any atom is -0.316 e. The zero-order valence-corrected chi connectivity index (χ0v) is 12.4. The van der Waals surface area contributed by atoms with Crippen LogP contribution in [-0.2, 0) is 10.5 Å². The Balaban J connectivity index is 1.82. The molecule has 0 aliphatic carbocycles. The number of carbonyl (C=O) groups is 1. The van der Waals surface area contributed by atoms with Crippen molar-refractivity contribution in [2.45, 2.75) is 19.6 Å². The Kier molecular flexibility index (Phi) is 5.03. The van der Waals surface area contributed by atoms with Gasteiger partial charge in [-0.1, -0.05) is 0 Å². The van der Waals surface area contributed by atoms with E-state index in [-0.39, 0.29) is 5.91 Å². The number of hydrogen-bond acceptors (Lipinski definition) is 5. The van der Waals surface area contributed by atoms with Crippen LogP contribution in [0.1, 0.15) is 19.5 Å². The summed E-state index contributed by atoms with van der Waals surface area (Å²) in [6.07, 6.45) is 0. The van der Waals surface area contributed by atoms with Crippen molar-refractivity contribution in [1.29, 1.82) is 0 Å². The highest BCUT2D eigenvalue weighted by molar-refractivity contribution is 7.98. The van der Waals surface area contributed by atoms with Crippen LogP contribution in [0, 0.1) is 5.92 Å². The summed E-state index contributed by atoms with van der Waals surface area (Å²) in [6.45, 7) is 6.55. The highest BCUT2D eigenvalue weighted by atomic mass is 32.2. The van der Waals surface area contributed by atoms with E-state index in [1.165, 1.54) is 5.75 Å². The molecule has 4 nitrogen and oxygen atoms in total. The molecule has 1 N–H and O–H groups in total. The first-order chi connectivity index (χ1) is 8.70. The van der Waals surface area contributed by atoms with E-state index in [2.05, 4.69) is 15.7 Å². The Morgan fingerprint density at radius 3 is 3.00 bits per heavy atom. The Hall–Kier alpha value is -0.590. The zero-order chi connectivity index (χ0) is 13.0. The highest BCUT2D eigenvalue weighted by Gasteiger charge is 2.17. The molecule has 18 heavy (non-hydrogen) atoms. The molecule has 100 valence electrons. The lowest BCUT2D eigenvalue weighted by molar-refractivity contribution is -0.116. The predicted molar refractivity (Wildman–Crippen MR) is 78.3 cm³/mol. The number of thiazole rings is 1. The van der Waals surface area contributed by atoms with Crippen molar-refractivity contribution in [3.8, 4) is 0 Å². The number of nitrogens with one attached hydrogen (secondary N) is 1. The van der Waals surface area contributed by atoms with Gasteiger partial charge in [-0.05, 0) is 31.7 Å². The van der Waals surface area contributed by atoms with Crippen molar-refractivity contribution in [3.63, 3.8) is 0 Å². The number of rotatable bonds is 6. The van der Waals surface area contributed by atoms with E-state index in [4.69, 9.17) is 0 Å². The van der Waals surface area contributed by atoms with Crippen molar-refractivity contribution in [2.75, 3.05) is 30.3 Å². The van der Waals surface area contributed by atoms with Crippen LogP contribution in [-0.4, -0.2) is 36.3 Å². The van der Waals surface area contributed by atoms with Gasteiger partial charge in [0.25, 0.3) is 0 Å². The molecule has 0 radical (unpaired) electrons. The van der Waals surface area contributed by atoms with Crippen molar-refractivity contribution in [3.05, 3.63) is 11.1 Å². The number of anilines is 1. The van der Waals surface area contributed by atoms with E-state index in [1.54, 1.807) is 23.2 Å². The first-order valence-corrected chi connectivity index (χ1v) is 8.25. The monoisotopic (exact) mass is 285 g/mol. The maximum Gasteiger partial charge on any atom is 0.225 e. The van der Waals surface area contributed by atoms with Crippen LogP contribution in [0.4, 0.5) is 5.13 Å². The number of hydrogen-bond donors (Lipinski definition) is 1. The summed E-state index contributed by atoms with van der Waals surface area (Å²) in [5.74, 6) is 3.04. The number of amides is 1. The molecule has 1 aliphatic rings. The molecule has 2 rings (SSSR count). The van der Waals surface area contributed by atoms with Gasteiger partial charge in [0.05, 0.1) is 5.69 Å².